The Bertz CT molecular complexity index is 1190. The molecule has 0 saturated heterocycles. The van der Waals surface area contributed by atoms with Gasteiger partial charge in [-0.05, 0) is 69.0 Å². The van der Waals surface area contributed by atoms with Crippen LogP contribution in [0.2, 0.25) is 0 Å². The van der Waals surface area contributed by atoms with E-state index in [1.54, 1.807) is 9.44 Å². The fourth-order valence-electron chi connectivity index (χ4n) is 1.15. The molecule has 0 aliphatic heterocycles. The highest BCUT2D eigenvalue weighted by molar-refractivity contribution is 7.79. The lowest BCUT2D eigenvalue weighted by Gasteiger charge is -2.37. The molecule has 332 valence electrons. The van der Waals surface area contributed by atoms with Crippen molar-refractivity contribution in [2.75, 3.05) is 20.1 Å². The number of nitrogens with zero attached hydrogens (tertiary/aromatic N) is 6. The smallest absolute Gasteiger partial charge is 0.333 e. The molecule has 0 fully saturated rings. The molecule has 0 bridgehead atoms. The van der Waals surface area contributed by atoms with Gasteiger partial charge in [0.15, 0.2) is 0 Å². The SMILES string of the molecule is CC(C)(C)C(C)(C)CN=[N+]=[N-].CC(C)(C)C(C)(C)N.CC(C)(C)N.CN.O=C(CC(=O)C(F)(F)F)NS.O=C(CC(=O)C(F)(F)F)NS.[N-]=[N+]=NCC(=O)NS. The number of thiol groups is 3. The number of hydrogen-bond donors (Lipinski definition) is 9. The van der Waals surface area contributed by atoms with Gasteiger partial charge >= 0.3 is 12.4 Å². The Morgan fingerprint density at radius 1 is 0.571 bits per heavy atom. The van der Waals surface area contributed by atoms with Crippen LogP contribution in [0.4, 0.5) is 26.3 Å². The zero-order valence-corrected chi connectivity index (χ0v) is 37.1. The predicted octanol–water partition coefficient (Wildman–Crippen LogP) is 6.65. The maximum Gasteiger partial charge on any atom is 0.450 e. The third-order valence-corrected chi connectivity index (χ3v) is 7.17. The van der Waals surface area contributed by atoms with Crippen LogP contribution in [0.25, 0.3) is 20.9 Å². The first-order valence-electron chi connectivity index (χ1n) is 15.8. The van der Waals surface area contributed by atoms with E-state index in [0.717, 1.165) is 0 Å². The lowest BCUT2D eigenvalue weighted by Crippen LogP contribution is -2.45. The Morgan fingerprint density at radius 3 is 0.982 bits per heavy atom. The van der Waals surface area contributed by atoms with Crippen molar-refractivity contribution < 1.29 is 50.3 Å². The molecule has 9 N–H and O–H groups in total. The van der Waals surface area contributed by atoms with Crippen molar-refractivity contribution in [2.24, 2.45) is 43.7 Å². The lowest BCUT2D eigenvalue weighted by atomic mass is 9.69. The van der Waals surface area contributed by atoms with Crippen LogP contribution in [0.3, 0.4) is 0 Å². The van der Waals surface area contributed by atoms with E-state index in [1.165, 1.54) is 7.05 Å². The molecule has 0 aliphatic rings. The second-order valence-corrected chi connectivity index (χ2v) is 15.7. The second kappa shape index (κ2) is 31.9. The van der Waals surface area contributed by atoms with Crippen molar-refractivity contribution in [2.45, 2.75) is 126 Å². The van der Waals surface area contributed by atoms with Crippen LogP contribution >= 0.6 is 38.4 Å². The van der Waals surface area contributed by atoms with Crippen molar-refractivity contribution in [1.82, 2.24) is 14.2 Å². The molecule has 0 aromatic heterocycles. The zero-order chi connectivity index (χ0) is 47.2. The van der Waals surface area contributed by atoms with Crippen LogP contribution in [0.15, 0.2) is 10.2 Å². The molecule has 0 aliphatic carbocycles. The number of nitrogens with two attached hydrogens (primary N) is 3. The van der Waals surface area contributed by atoms with E-state index in [-0.39, 0.29) is 33.9 Å². The van der Waals surface area contributed by atoms with Crippen LogP contribution in [0.5, 0.6) is 0 Å². The number of rotatable bonds is 8. The molecule has 0 atom stereocenters. The van der Waals surface area contributed by atoms with Crippen molar-refractivity contribution in [3.05, 3.63) is 20.9 Å². The van der Waals surface area contributed by atoms with Crippen molar-refractivity contribution in [1.29, 1.82) is 0 Å². The van der Waals surface area contributed by atoms with Gasteiger partial charge in [-0.3, -0.25) is 24.0 Å². The minimum Gasteiger partial charge on any atom is -0.333 e. The summed E-state index contributed by atoms with van der Waals surface area (Å²) in [5.74, 6) is -6.72. The summed E-state index contributed by atoms with van der Waals surface area (Å²) in [7, 11) is 1.50. The van der Waals surface area contributed by atoms with Gasteiger partial charge in [-0.2, -0.15) is 26.3 Å². The number of azide groups is 2. The number of amides is 3. The van der Waals surface area contributed by atoms with Crippen molar-refractivity contribution in [3.8, 4) is 0 Å². The molecule has 0 aromatic carbocycles. The molecular formula is C30H62F6N12O5S3. The quantitative estimate of drug-likeness (QED) is 0.0317. The van der Waals surface area contributed by atoms with Gasteiger partial charge < -0.3 is 31.4 Å². The average Bonchev–Trinajstić information content (AvgIpc) is 3.01. The number of carbonyl (C=O) groups is 5. The summed E-state index contributed by atoms with van der Waals surface area (Å²) in [6.07, 6.45) is -12.3. The minimum absolute atomic E-state index is 0. The molecule has 3 amide bonds. The molecule has 0 unspecified atom stereocenters. The molecule has 0 radical (unpaired) electrons. The first-order valence-corrected chi connectivity index (χ1v) is 17.1. The topological polar surface area (TPSA) is 297 Å². The summed E-state index contributed by atoms with van der Waals surface area (Å²) < 4.78 is 73.5. The number of hydrogen-bond acceptors (Lipinski definition) is 13. The first kappa shape index (κ1) is 67.6. The van der Waals surface area contributed by atoms with Crippen LogP contribution in [0.1, 0.15) is 103 Å². The molecule has 0 heterocycles. The number of nitrogens with one attached hydrogen (secondary N) is 3. The third-order valence-electron chi connectivity index (χ3n) is 6.42. The van der Waals surface area contributed by atoms with E-state index in [0.29, 0.717) is 6.54 Å². The summed E-state index contributed by atoms with van der Waals surface area (Å²) in [5, 5.41) is 6.55. The summed E-state index contributed by atoms with van der Waals surface area (Å²) >= 11 is 9.74. The summed E-state index contributed by atoms with van der Waals surface area (Å²) in [5.41, 5.74) is 31.9. The van der Waals surface area contributed by atoms with E-state index in [2.05, 4.69) is 120 Å². The highest BCUT2D eigenvalue weighted by Crippen LogP contribution is 2.37. The average molecular weight is 881 g/mol. The predicted molar refractivity (Wildman–Crippen MR) is 216 cm³/mol. The van der Waals surface area contributed by atoms with Gasteiger partial charge in [-0.15, -0.1) is 0 Å². The molecule has 0 spiro atoms. The summed E-state index contributed by atoms with van der Waals surface area (Å²) in [6.45, 7) is 27.5. The Labute approximate surface area is 342 Å². The Kier molecular flexibility index (Phi) is 38.5. The van der Waals surface area contributed by atoms with E-state index >= 15 is 0 Å². The van der Waals surface area contributed by atoms with Gasteiger partial charge in [0.2, 0.25) is 29.3 Å². The van der Waals surface area contributed by atoms with E-state index in [9.17, 15) is 50.3 Å². The van der Waals surface area contributed by atoms with Gasteiger partial charge in [-0.25, -0.2) is 0 Å². The summed E-state index contributed by atoms with van der Waals surface area (Å²) in [6, 6.07) is 0. The molecule has 56 heavy (non-hydrogen) atoms. The lowest BCUT2D eigenvalue weighted by molar-refractivity contribution is -0.172. The Hall–Kier alpha value is -3.12. The fourth-order valence-corrected chi connectivity index (χ4v) is 1.38. The number of Topliss-reactive ketones (excluding diaryl/α,β-unsaturated/α-hetero) is 2. The maximum atomic E-state index is 11.4. The van der Waals surface area contributed by atoms with Gasteiger partial charge in [0.25, 0.3) is 0 Å². The minimum atomic E-state index is -4.94. The van der Waals surface area contributed by atoms with E-state index in [4.69, 9.17) is 22.5 Å². The van der Waals surface area contributed by atoms with E-state index in [1.807, 2.05) is 39.3 Å². The molecule has 17 nitrogen and oxygen atoms in total. The highest BCUT2D eigenvalue weighted by atomic mass is 32.1. The van der Waals surface area contributed by atoms with Crippen LogP contribution < -0.4 is 31.4 Å². The monoisotopic (exact) mass is 880 g/mol. The zero-order valence-electron chi connectivity index (χ0n) is 34.4. The van der Waals surface area contributed by atoms with E-state index < -0.39 is 54.5 Å². The number of halogens is 6. The van der Waals surface area contributed by atoms with Gasteiger partial charge in [0.1, 0.15) is 6.54 Å². The highest BCUT2D eigenvalue weighted by Gasteiger charge is 2.39. The normalized spacial score (nSPS) is 11.0. The second-order valence-electron chi connectivity index (χ2n) is 15.0. The third kappa shape index (κ3) is 50.9. The molecular weight excluding hydrogens is 819 g/mol. The number of alkyl halides is 6. The maximum absolute atomic E-state index is 11.4. The van der Waals surface area contributed by atoms with Gasteiger partial charge in [0, 0.05) is 27.4 Å². The summed E-state index contributed by atoms with van der Waals surface area (Å²) in [4.78, 5) is 55.6. The Balaban J connectivity index is -0.000000103. The van der Waals surface area contributed by atoms with Gasteiger partial charge in [0.05, 0.1) is 12.8 Å². The first-order chi connectivity index (χ1) is 24.6. The van der Waals surface area contributed by atoms with Crippen LogP contribution in [-0.2, 0) is 24.0 Å². The number of carbonyl (C=O) groups excluding carboxylic acids is 5. The van der Waals surface area contributed by atoms with Crippen molar-refractivity contribution >= 4 is 67.7 Å². The van der Waals surface area contributed by atoms with Crippen molar-refractivity contribution in [3.63, 3.8) is 0 Å². The molecule has 0 aromatic rings. The van der Waals surface area contributed by atoms with Crippen LogP contribution in [0, 0.1) is 16.2 Å². The van der Waals surface area contributed by atoms with Crippen LogP contribution in [-0.4, -0.2) is 72.9 Å². The molecule has 0 saturated carbocycles. The van der Waals surface area contributed by atoms with Gasteiger partial charge in [-0.1, -0.05) is 104 Å². The number of ketones is 2. The Morgan fingerprint density at radius 2 is 0.821 bits per heavy atom. The molecule has 0 rings (SSSR count). The molecule has 26 heteroatoms. The standard InChI is InChI=1S/C8H17N3.C7H17N.2C4H4F3NO2S.C4H11N.C2H4N4OS.CH5N/c1-7(2,3)8(4,5)6-10-11-9;1-6(2,3)7(4,5)8;2*5-4(6,7)2(9)1-3(10)8-11;1-4(2,3)5;3-6-4-1-2(7)5-8;1-2/h6H2,1-5H3;8H2,1-5H3;2*11H,1H2,(H,8,10);5H2,1-3H3;8H,1H2,(H,5,7);2H2,1H3. The largest absolute Gasteiger partial charge is 0.450 e. The fraction of sp³-hybridized carbons (Fsp3) is 0.833.